The van der Waals surface area contributed by atoms with E-state index in [1.807, 2.05) is 17.9 Å². The van der Waals surface area contributed by atoms with Gasteiger partial charge in [-0.25, -0.2) is 9.37 Å². The number of carbonyl (C=O) groups excluding carboxylic acids is 1. The number of halogens is 1. The van der Waals surface area contributed by atoms with Crippen LogP contribution < -0.4 is 0 Å². The van der Waals surface area contributed by atoms with Gasteiger partial charge >= 0.3 is 0 Å². The van der Waals surface area contributed by atoms with Crippen molar-refractivity contribution < 1.29 is 9.18 Å². The molecule has 1 aromatic heterocycles. The predicted molar refractivity (Wildman–Crippen MR) is 115 cm³/mol. The van der Waals surface area contributed by atoms with Gasteiger partial charge in [0, 0.05) is 44.1 Å². The lowest BCUT2D eigenvalue weighted by Crippen LogP contribution is -2.62. The topological polar surface area (TPSA) is 65.1 Å². The Morgan fingerprint density at radius 3 is 2.58 bits per heavy atom. The molecule has 1 unspecified atom stereocenters. The summed E-state index contributed by atoms with van der Waals surface area (Å²) in [6.45, 7) is 5.84. The van der Waals surface area contributed by atoms with Crippen molar-refractivity contribution in [2.75, 3.05) is 26.2 Å². The molecule has 1 amide bonds. The first-order valence-electron chi connectivity index (χ1n) is 10.7. The Bertz CT molecular complexity index is 1080. The zero-order valence-electron chi connectivity index (χ0n) is 17.6. The van der Waals surface area contributed by atoms with E-state index < -0.39 is 0 Å². The highest BCUT2D eigenvalue weighted by molar-refractivity contribution is 5.80. The van der Waals surface area contributed by atoms with Crippen LogP contribution in [0.4, 0.5) is 4.39 Å². The number of aryl methyl sites for hydroxylation is 1. The van der Waals surface area contributed by atoms with Crippen LogP contribution in [0.1, 0.15) is 28.7 Å². The van der Waals surface area contributed by atoms with Crippen LogP contribution in [-0.2, 0) is 17.8 Å². The van der Waals surface area contributed by atoms with Crippen molar-refractivity contribution in [2.45, 2.75) is 25.8 Å². The highest BCUT2D eigenvalue weighted by Gasteiger charge is 2.56. The molecule has 3 heterocycles. The molecular weight excluding hydrogens is 393 g/mol. The third kappa shape index (κ3) is 3.85. The number of nitrogens with one attached hydrogen (secondary N) is 1. The van der Waals surface area contributed by atoms with Crippen LogP contribution in [-0.4, -0.2) is 57.1 Å². The number of aromatic amines is 1. The summed E-state index contributed by atoms with van der Waals surface area (Å²) in [7, 11) is 0. The lowest BCUT2D eigenvalue weighted by molar-refractivity contribution is -0.143. The fraction of sp³-hybridized carbons (Fsp3) is 0.375. The zero-order valence-corrected chi connectivity index (χ0v) is 17.6. The summed E-state index contributed by atoms with van der Waals surface area (Å²) in [6.07, 6.45) is 0.0981. The van der Waals surface area contributed by atoms with Crippen LogP contribution in [0.2, 0.25) is 0 Å². The SMILES string of the molecule is Cc1nc(C2CN(Cc3ccccc3)CC23CN(C(=O)Cc2ccccc2F)C3)n[nH]1. The monoisotopic (exact) mass is 419 g/mol. The van der Waals surface area contributed by atoms with E-state index in [1.54, 1.807) is 18.2 Å². The number of aromatic nitrogens is 3. The van der Waals surface area contributed by atoms with Crippen molar-refractivity contribution in [3.05, 3.63) is 83.2 Å². The fourth-order valence-corrected chi connectivity index (χ4v) is 5.03. The summed E-state index contributed by atoms with van der Waals surface area (Å²) in [5.41, 5.74) is 1.66. The molecule has 6 nitrogen and oxygen atoms in total. The number of likely N-dealkylation sites (tertiary alicyclic amines) is 2. The molecule has 2 saturated heterocycles. The maximum atomic E-state index is 14.0. The fourth-order valence-electron chi connectivity index (χ4n) is 5.03. The van der Waals surface area contributed by atoms with Crippen molar-refractivity contribution in [2.24, 2.45) is 5.41 Å². The van der Waals surface area contributed by atoms with Crippen LogP contribution >= 0.6 is 0 Å². The second kappa shape index (κ2) is 7.89. The largest absolute Gasteiger partial charge is 0.341 e. The molecule has 0 bridgehead atoms. The maximum Gasteiger partial charge on any atom is 0.227 e. The van der Waals surface area contributed by atoms with E-state index in [1.165, 1.54) is 11.6 Å². The van der Waals surface area contributed by atoms with Crippen LogP contribution in [0.5, 0.6) is 0 Å². The number of hydrogen-bond donors (Lipinski definition) is 1. The van der Waals surface area contributed by atoms with Crippen molar-refractivity contribution in [1.82, 2.24) is 25.0 Å². The second-order valence-corrected chi connectivity index (χ2v) is 8.87. The van der Waals surface area contributed by atoms with Crippen LogP contribution in [0.15, 0.2) is 54.6 Å². The molecule has 160 valence electrons. The molecule has 2 aliphatic rings. The van der Waals surface area contributed by atoms with Crippen molar-refractivity contribution in [1.29, 1.82) is 0 Å². The molecule has 2 aromatic carbocycles. The van der Waals surface area contributed by atoms with E-state index in [0.29, 0.717) is 18.7 Å². The number of benzene rings is 2. The molecule has 31 heavy (non-hydrogen) atoms. The number of hydrogen-bond acceptors (Lipinski definition) is 4. The van der Waals surface area contributed by atoms with E-state index in [0.717, 1.165) is 31.3 Å². The summed E-state index contributed by atoms with van der Waals surface area (Å²) < 4.78 is 14.0. The molecule has 3 aromatic rings. The molecule has 1 N–H and O–H groups in total. The maximum absolute atomic E-state index is 14.0. The third-order valence-electron chi connectivity index (χ3n) is 6.56. The molecule has 0 saturated carbocycles. The number of carbonyl (C=O) groups is 1. The summed E-state index contributed by atoms with van der Waals surface area (Å²) in [6, 6.07) is 16.9. The van der Waals surface area contributed by atoms with Gasteiger partial charge in [0.2, 0.25) is 5.91 Å². The minimum Gasteiger partial charge on any atom is -0.341 e. The first-order chi connectivity index (χ1) is 15.0. The second-order valence-electron chi connectivity index (χ2n) is 8.87. The molecule has 2 aliphatic heterocycles. The van der Waals surface area contributed by atoms with Gasteiger partial charge in [-0.3, -0.25) is 14.8 Å². The van der Waals surface area contributed by atoms with Gasteiger partial charge in [-0.1, -0.05) is 48.5 Å². The van der Waals surface area contributed by atoms with Gasteiger partial charge < -0.3 is 4.90 Å². The Balaban J connectivity index is 1.31. The van der Waals surface area contributed by atoms with Crippen LogP contribution in [0.25, 0.3) is 0 Å². The van der Waals surface area contributed by atoms with E-state index >= 15 is 0 Å². The lowest BCUT2D eigenvalue weighted by Gasteiger charge is -2.50. The summed E-state index contributed by atoms with van der Waals surface area (Å²) in [5, 5.41) is 7.42. The Morgan fingerprint density at radius 1 is 1.13 bits per heavy atom. The standard InChI is InChI=1S/C24H26FN5O/c1-17-26-23(28-27-17)20-13-29(12-18-7-3-2-4-8-18)14-24(20)15-30(16-24)22(31)11-19-9-5-6-10-21(19)25/h2-10,20H,11-16H2,1H3,(H,26,27,28). The molecule has 1 spiro atoms. The van der Waals surface area contributed by atoms with Gasteiger partial charge in [-0.2, -0.15) is 5.10 Å². The molecule has 1 atom stereocenters. The Hall–Kier alpha value is -3.06. The minimum atomic E-state index is -0.324. The molecule has 7 heteroatoms. The van der Waals surface area contributed by atoms with E-state index in [4.69, 9.17) is 0 Å². The number of amides is 1. The number of nitrogens with zero attached hydrogens (tertiary/aromatic N) is 4. The first-order valence-corrected chi connectivity index (χ1v) is 10.7. The van der Waals surface area contributed by atoms with E-state index in [2.05, 4.69) is 44.3 Å². The van der Waals surface area contributed by atoms with Crippen molar-refractivity contribution in [3.63, 3.8) is 0 Å². The molecule has 5 rings (SSSR count). The first kappa shape index (κ1) is 19.9. The predicted octanol–water partition coefficient (Wildman–Crippen LogP) is 2.92. The van der Waals surface area contributed by atoms with E-state index in [-0.39, 0.29) is 29.5 Å². The highest BCUT2D eigenvalue weighted by Crippen LogP contribution is 2.48. The highest BCUT2D eigenvalue weighted by atomic mass is 19.1. The summed E-state index contributed by atoms with van der Waals surface area (Å²) in [4.78, 5) is 21.7. The van der Waals surface area contributed by atoms with E-state index in [9.17, 15) is 9.18 Å². The zero-order chi connectivity index (χ0) is 21.4. The van der Waals surface area contributed by atoms with Crippen molar-refractivity contribution in [3.8, 4) is 0 Å². The van der Waals surface area contributed by atoms with Gasteiger partial charge in [0.1, 0.15) is 11.6 Å². The smallest absolute Gasteiger partial charge is 0.227 e. The van der Waals surface area contributed by atoms with Crippen molar-refractivity contribution >= 4 is 5.91 Å². The normalized spacial score (nSPS) is 20.2. The molecule has 0 aliphatic carbocycles. The average Bonchev–Trinajstić information content (AvgIpc) is 3.33. The van der Waals surface area contributed by atoms with Crippen LogP contribution in [0.3, 0.4) is 0 Å². The molecular formula is C24H26FN5O. The van der Waals surface area contributed by atoms with Crippen LogP contribution in [0, 0.1) is 18.2 Å². The molecule has 2 fully saturated rings. The van der Waals surface area contributed by atoms with Gasteiger partial charge in [-0.15, -0.1) is 0 Å². The van der Waals surface area contributed by atoms with Gasteiger partial charge in [-0.05, 0) is 24.1 Å². The number of rotatable bonds is 5. The lowest BCUT2D eigenvalue weighted by atomic mass is 9.71. The average molecular weight is 420 g/mol. The summed E-state index contributed by atoms with van der Waals surface area (Å²) >= 11 is 0. The quantitative estimate of drug-likeness (QED) is 0.691. The van der Waals surface area contributed by atoms with Gasteiger partial charge in [0.25, 0.3) is 0 Å². The minimum absolute atomic E-state index is 0.0258. The third-order valence-corrected chi connectivity index (χ3v) is 6.56. The summed E-state index contributed by atoms with van der Waals surface area (Å²) in [5.74, 6) is 1.45. The Morgan fingerprint density at radius 2 is 1.87 bits per heavy atom. The Kier molecular flexibility index (Phi) is 5.06. The van der Waals surface area contributed by atoms with Gasteiger partial charge in [0.15, 0.2) is 5.82 Å². The van der Waals surface area contributed by atoms with Gasteiger partial charge in [0.05, 0.1) is 6.42 Å². The molecule has 0 radical (unpaired) electrons. The number of H-pyrrole nitrogens is 1. The Labute approximate surface area is 181 Å².